The van der Waals surface area contributed by atoms with Crippen molar-refractivity contribution in [1.29, 1.82) is 5.26 Å². The quantitative estimate of drug-likeness (QED) is 0.384. The Morgan fingerprint density at radius 1 is 1.03 bits per heavy atom. The number of nitrogens with zero attached hydrogens (tertiary/aromatic N) is 2. The molecule has 5 nitrogen and oxygen atoms in total. The van der Waals surface area contributed by atoms with Crippen LogP contribution in [0.5, 0.6) is 5.75 Å². The van der Waals surface area contributed by atoms with Crippen LogP contribution in [0.15, 0.2) is 83.3 Å². The Labute approximate surface area is 228 Å². The van der Waals surface area contributed by atoms with Crippen molar-refractivity contribution in [1.82, 2.24) is 0 Å². The molecule has 6 heteroatoms. The number of allylic oxidation sites excluding steroid dienone is 3. The van der Waals surface area contributed by atoms with E-state index in [1.54, 1.807) is 12.1 Å². The number of Topliss-reactive ketones (excluding diaryl/α,β-unsaturated/α-hetero) is 1. The predicted octanol–water partition coefficient (Wildman–Crippen LogP) is 7.15. The Balaban J connectivity index is 1.61. The van der Waals surface area contributed by atoms with E-state index in [4.69, 9.17) is 22.1 Å². The first-order valence-electron chi connectivity index (χ1n) is 12.8. The van der Waals surface area contributed by atoms with E-state index < -0.39 is 5.92 Å². The van der Waals surface area contributed by atoms with Crippen molar-refractivity contribution in [2.24, 2.45) is 5.73 Å². The molecule has 1 aliphatic heterocycles. The Hall–Kier alpha value is -4.01. The van der Waals surface area contributed by atoms with E-state index in [0.29, 0.717) is 41.4 Å². The zero-order valence-electron chi connectivity index (χ0n) is 21.8. The molecule has 0 spiro atoms. The number of halogens is 1. The lowest BCUT2D eigenvalue weighted by molar-refractivity contribution is -0.116. The molecule has 5 rings (SSSR count). The number of rotatable bonds is 5. The zero-order valence-corrected chi connectivity index (χ0v) is 22.6. The van der Waals surface area contributed by atoms with Crippen molar-refractivity contribution < 1.29 is 9.53 Å². The molecule has 0 fully saturated rings. The Morgan fingerprint density at radius 3 is 2.42 bits per heavy atom. The molecule has 0 saturated carbocycles. The smallest absolute Gasteiger partial charge is 0.161 e. The van der Waals surface area contributed by atoms with E-state index >= 15 is 0 Å². The van der Waals surface area contributed by atoms with Crippen molar-refractivity contribution in [3.63, 3.8) is 0 Å². The van der Waals surface area contributed by atoms with E-state index in [1.807, 2.05) is 55.1 Å². The van der Waals surface area contributed by atoms with Gasteiger partial charge in [0.1, 0.15) is 18.2 Å². The summed E-state index contributed by atoms with van der Waals surface area (Å²) < 4.78 is 6.10. The lowest BCUT2D eigenvalue weighted by Gasteiger charge is -2.40. The molecule has 1 heterocycles. The lowest BCUT2D eigenvalue weighted by Crippen LogP contribution is -2.38. The third-order valence-electron chi connectivity index (χ3n) is 7.45. The fourth-order valence-electron chi connectivity index (χ4n) is 5.46. The highest BCUT2D eigenvalue weighted by Gasteiger charge is 2.41. The maximum absolute atomic E-state index is 13.5. The molecular weight excluding hydrogens is 494 g/mol. The fraction of sp³-hybridized carbons (Fsp3) is 0.250. The van der Waals surface area contributed by atoms with Crippen LogP contribution in [0, 0.1) is 32.1 Å². The van der Waals surface area contributed by atoms with Crippen LogP contribution < -0.4 is 15.4 Å². The normalized spacial score (nSPS) is 17.4. The van der Waals surface area contributed by atoms with Gasteiger partial charge in [0, 0.05) is 28.4 Å². The van der Waals surface area contributed by atoms with Crippen LogP contribution in [0.25, 0.3) is 0 Å². The van der Waals surface area contributed by atoms with Crippen molar-refractivity contribution in [3.8, 4) is 11.8 Å². The molecule has 38 heavy (non-hydrogen) atoms. The number of anilines is 1. The van der Waals surface area contributed by atoms with Crippen molar-refractivity contribution >= 4 is 23.1 Å². The molecule has 0 radical (unpaired) electrons. The molecular formula is C32H30ClN3O2. The summed E-state index contributed by atoms with van der Waals surface area (Å²) in [7, 11) is 0. The van der Waals surface area contributed by atoms with Crippen molar-refractivity contribution in [2.75, 3.05) is 4.90 Å². The van der Waals surface area contributed by atoms with Crippen LogP contribution in [0.4, 0.5) is 5.69 Å². The molecule has 2 N–H and O–H groups in total. The van der Waals surface area contributed by atoms with Crippen LogP contribution in [0.1, 0.15) is 53.0 Å². The first kappa shape index (κ1) is 25.6. The predicted molar refractivity (Wildman–Crippen MR) is 151 cm³/mol. The summed E-state index contributed by atoms with van der Waals surface area (Å²) in [6.07, 6.45) is 1.90. The van der Waals surface area contributed by atoms with Gasteiger partial charge in [-0.3, -0.25) is 9.69 Å². The Kier molecular flexibility index (Phi) is 7.01. The van der Waals surface area contributed by atoms with E-state index in [-0.39, 0.29) is 5.78 Å². The lowest BCUT2D eigenvalue weighted by atomic mass is 9.74. The molecule has 3 aromatic rings. The van der Waals surface area contributed by atoms with Crippen LogP contribution in [-0.2, 0) is 11.4 Å². The number of ketones is 1. The van der Waals surface area contributed by atoms with Gasteiger partial charge in [-0.05, 0) is 92.3 Å². The van der Waals surface area contributed by atoms with Gasteiger partial charge in [0.15, 0.2) is 5.78 Å². The van der Waals surface area contributed by atoms with Crippen molar-refractivity contribution in [3.05, 3.63) is 116 Å². The van der Waals surface area contributed by atoms with Gasteiger partial charge in [-0.1, -0.05) is 41.4 Å². The van der Waals surface area contributed by atoms with Crippen molar-refractivity contribution in [2.45, 2.75) is 52.6 Å². The first-order valence-corrected chi connectivity index (χ1v) is 13.2. The maximum atomic E-state index is 13.5. The van der Waals surface area contributed by atoms with Gasteiger partial charge in [-0.2, -0.15) is 5.26 Å². The average molecular weight is 524 g/mol. The van der Waals surface area contributed by atoms with Gasteiger partial charge in [0.05, 0.1) is 17.6 Å². The summed E-state index contributed by atoms with van der Waals surface area (Å²) >= 11 is 6.13. The highest BCUT2D eigenvalue weighted by Crippen LogP contribution is 2.47. The SMILES string of the molecule is Cc1ccc(OCc2cc(C3C(C#N)=C(N)N(c4ccc(Cl)cc4)C4=C3C(=O)CCC4)c(C)cc2C)cc1. The highest BCUT2D eigenvalue weighted by atomic mass is 35.5. The number of aryl methyl sites for hydroxylation is 3. The summed E-state index contributed by atoms with van der Waals surface area (Å²) in [5, 5.41) is 11.0. The number of carbonyl (C=O) groups is 1. The second-order valence-corrected chi connectivity index (χ2v) is 10.5. The highest BCUT2D eigenvalue weighted by molar-refractivity contribution is 6.30. The number of hydrogen-bond acceptors (Lipinski definition) is 5. The fourth-order valence-corrected chi connectivity index (χ4v) is 5.59. The second-order valence-electron chi connectivity index (χ2n) is 10.0. The Morgan fingerprint density at radius 2 is 1.74 bits per heavy atom. The summed E-state index contributed by atoms with van der Waals surface area (Å²) in [5.41, 5.74) is 14.6. The minimum Gasteiger partial charge on any atom is -0.489 e. The molecule has 0 amide bonds. The van der Waals surface area contributed by atoms with E-state index in [0.717, 1.165) is 45.8 Å². The third kappa shape index (κ3) is 4.68. The topological polar surface area (TPSA) is 79.3 Å². The molecule has 1 unspecified atom stereocenters. The van der Waals surface area contributed by atoms with Gasteiger partial charge < -0.3 is 10.5 Å². The summed E-state index contributed by atoms with van der Waals surface area (Å²) in [6, 6.07) is 21.8. The zero-order chi connectivity index (χ0) is 27.0. The molecule has 1 aliphatic carbocycles. The maximum Gasteiger partial charge on any atom is 0.161 e. The molecule has 0 aromatic heterocycles. The van der Waals surface area contributed by atoms with Crippen LogP contribution >= 0.6 is 11.6 Å². The molecule has 0 saturated heterocycles. The van der Waals surface area contributed by atoms with Gasteiger partial charge >= 0.3 is 0 Å². The number of hydrogen-bond donors (Lipinski definition) is 1. The largest absolute Gasteiger partial charge is 0.489 e. The first-order chi connectivity index (χ1) is 18.3. The molecule has 1 atom stereocenters. The molecule has 2 aliphatic rings. The number of nitrogens with two attached hydrogens (primary N) is 1. The van der Waals surface area contributed by atoms with Gasteiger partial charge in [0.2, 0.25) is 0 Å². The summed E-state index contributed by atoms with van der Waals surface area (Å²) in [5.74, 6) is 0.686. The van der Waals surface area contributed by atoms with Crippen LogP contribution in [0.2, 0.25) is 5.02 Å². The number of benzene rings is 3. The molecule has 0 bridgehead atoms. The second kappa shape index (κ2) is 10.4. The van der Waals surface area contributed by atoms with Crippen LogP contribution in [-0.4, -0.2) is 5.78 Å². The van der Waals surface area contributed by atoms with Crippen LogP contribution in [0.3, 0.4) is 0 Å². The minimum absolute atomic E-state index is 0.0629. The summed E-state index contributed by atoms with van der Waals surface area (Å²) in [6.45, 7) is 6.50. The van der Waals surface area contributed by atoms with Gasteiger partial charge in [-0.25, -0.2) is 0 Å². The van der Waals surface area contributed by atoms with Gasteiger partial charge in [0.25, 0.3) is 0 Å². The molecule has 3 aromatic carbocycles. The van der Waals surface area contributed by atoms with E-state index in [2.05, 4.69) is 25.1 Å². The monoisotopic (exact) mass is 523 g/mol. The number of nitriles is 1. The van der Waals surface area contributed by atoms with E-state index in [1.165, 1.54) is 5.56 Å². The number of carbonyl (C=O) groups excluding carboxylic acids is 1. The molecule has 192 valence electrons. The van der Waals surface area contributed by atoms with E-state index in [9.17, 15) is 10.1 Å². The Bertz CT molecular complexity index is 1510. The average Bonchev–Trinajstić information content (AvgIpc) is 2.90. The third-order valence-corrected chi connectivity index (χ3v) is 7.70. The standard InChI is InChI=1S/C32H30ClN3O2/c1-19-7-13-25(14-8-19)38-18-22-16-26(21(3)15-20(22)2)30-27(17-34)32(35)36(24-11-9-23(33)10-12-24)28-5-4-6-29(37)31(28)30/h7-16,30H,4-6,18,35H2,1-3H3. The number of ether oxygens (including phenoxy) is 1. The minimum atomic E-state index is -0.523. The van der Waals surface area contributed by atoms with Gasteiger partial charge in [-0.15, -0.1) is 0 Å². The summed E-state index contributed by atoms with van der Waals surface area (Å²) in [4.78, 5) is 15.4.